The lowest BCUT2D eigenvalue weighted by Gasteiger charge is -2.26. The Morgan fingerprint density at radius 1 is 1.19 bits per heavy atom. The molecule has 0 radical (unpaired) electrons. The summed E-state index contributed by atoms with van der Waals surface area (Å²) in [6, 6.07) is 5.24. The van der Waals surface area contributed by atoms with Gasteiger partial charge in [0, 0.05) is 24.3 Å². The number of anilines is 1. The Bertz CT molecular complexity index is 1130. The van der Waals surface area contributed by atoms with Gasteiger partial charge in [0.05, 0.1) is 12.2 Å². The van der Waals surface area contributed by atoms with Crippen molar-refractivity contribution in [2.45, 2.75) is 51.1 Å². The predicted molar refractivity (Wildman–Crippen MR) is 113 cm³/mol. The van der Waals surface area contributed by atoms with E-state index in [0.717, 1.165) is 31.7 Å². The van der Waals surface area contributed by atoms with Crippen molar-refractivity contribution >= 4 is 17.4 Å². The first-order chi connectivity index (χ1) is 15.0. The molecule has 31 heavy (non-hydrogen) atoms. The van der Waals surface area contributed by atoms with E-state index in [2.05, 4.69) is 17.3 Å². The molecule has 2 aliphatic rings. The number of nitrogens with one attached hydrogen (secondary N) is 1. The highest BCUT2D eigenvalue weighted by atomic mass is 19.1. The minimum atomic E-state index is -0.456. The Kier molecular flexibility index (Phi) is 5.08. The molecule has 0 spiro atoms. The summed E-state index contributed by atoms with van der Waals surface area (Å²) in [6.45, 7) is 2.88. The van der Waals surface area contributed by atoms with Crippen LogP contribution in [0.25, 0.3) is 5.65 Å². The fraction of sp³-hybridized carbons (Fsp3) is 0.435. The Balaban J connectivity index is 1.44. The van der Waals surface area contributed by atoms with Crippen LogP contribution >= 0.6 is 0 Å². The third-order valence-electron chi connectivity index (χ3n) is 6.49. The fourth-order valence-electron chi connectivity index (χ4n) is 4.92. The Morgan fingerprint density at radius 2 is 2.06 bits per heavy atom. The summed E-state index contributed by atoms with van der Waals surface area (Å²) in [7, 11) is 0. The summed E-state index contributed by atoms with van der Waals surface area (Å²) >= 11 is 0. The van der Waals surface area contributed by atoms with Crippen LogP contribution in [0.2, 0.25) is 0 Å². The molecule has 3 heterocycles. The number of halogens is 2. The molecule has 1 saturated heterocycles. The zero-order valence-electron chi connectivity index (χ0n) is 17.4. The lowest BCUT2D eigenvalue weighted by Crippen LogP contribution is -2.33. The number of hydrogen-bond acceptors (Lipinski definition) is 4. The van der Waals surface area contributed by atoms with Crippen LogP contribution in [-0.2, 0) is 0 Å². The maximum Gasteiger partial charge on any atom is 0.256 e. The molecule has 1 aromatic carbocycles. The van der Waals surface area contributed by atoms with Crippen LogP contribution in [-0.4, -0.2) is 33.1 Å². The SMILES string of the molecule is CC1CCC(NC(=O)c2cnn3ccc(N4CCC[C@@H]4c4cc(F)ccc4F)nc23)C1. The van der Waals surface area contributed by atoms with Crippen LogP contribution in [0, 0.1) is 17.6 Å². The van der Waals surface area contributed by atoms with Crippen molar-refractivity contribution < 1.29 is 13.6 Å². The minimum absolute atomic E-state index is 0.173. The normalized spacial score (nSPS) is 23.6. The Hall–Kier alpha value is -3.03. The van der Waals surface area contributed by atoms with E-state index in [1.807, 2.05) is 4.90 Å². The zero-order valence-corrected chi connectivity index (χ0v) is 17.4. The third-order valence-corrected chi connectivity index (χ3v) is 6.49. The number of carbonyl (C=O) groups is 1. The largest absolute Gasteiger partial charge is 0.349 e. The summed E-state index contributed by atoms with van der Waals surface area (Å²) < 4.78 is 29.8. The predicted octanol–water partition coefficient (Wildman–Crippen LogP) is 4.27. The van der Waals surface area contributed by atoms with E-state index < -0.39 is 11.6 Å². The van der Waals surface area contributed by atoms with Crippen LogP contribution in [0.4, 0.5) is 14.6 Å². The van der Waals surface area contributed by atoms with E-state index in [0.29, 0.717) is 41.5 Å². The molecule has 162 valence electrons. The second-order valence-corrected chi connectivity index (χ2v) is 8.72. The average molecular weight is 425 g/mol. The number of rotatable bonds is 4. The van der Waals surface area contributed by atoms with Gasteiger partial charge in [0.1, 0.15) is 23.0 Å². The number of benzene rings is 1. The molecule has 3 atom stereocenters. The van der Waals surface area contributed by atoms with E-state index in [1.165, 1.54) is 18.3 Å². The maximum absolute atomic E-state index is 14.4. The molecular formula is C23H25F2N5O. The molecule has 1 aliphatic heterocycles. The summed E-state index contributed by atoms with van der Waals surface area (Å²) in [6.07, 6.45) is 7.93. The standard InChI is InChI=1S/C23H25F2N5O/c1-14-4-6-16(11-14)27-23(31)18-13-26-30-10-8-21(28-22(18)30)29-9-2-3-20(29)17-12-15(24)5-7-19(17)25/h5,7-8,10,12-14,16,20H,2-4,6,9,11H2,1H3,(H,27,31)/t14?,16?,20-/m1/s1. The highest BCUT2D eigenvalue weighted by Gasteiger charge is 2.30. The van der Waals surface area contributed by atoms with Crippen LogP contribution in [0.15, 0.2) is 36.7 Å². The Labute approximate surface area is 179 Å². The van der Waals surface area contributed by atoms with E-state index >= 15 is 0 Å². The number of aromatic nitrogens is 3. The number of fused-ring (bicyclic) bond motifs is 1. The second kappa shape index (κ2) is 7.90. The van der Waals surface area contributed by atoms with Gasteiger partial charge in [-0.05, 0) is 62.3 Å². The van der Waals surface area contributed by atoms with Gasteiger partial charge in [-0.1, -0.05) is 6.92 Å². The van der Waals surface area contributed by atoms with Crippen molar-refractivity contribution in [3.63, 3.8) is 0 Å². The van der Waals surface area contributed by atoms with E-state index in [1.54, 1.807) is 16.8 Å². The summed E-state index contributed by atoms with van der Waals surface area (Å²) in [5.74, 6) is 0.196. The number of carbonyl (C=O) groups excluding carboxylic acids is 1. The average Bonchev–Trinajstić information content (AvgIpc) is 3.48. The quantitative estimate of drug-likeness (QED) is 0.678. The van der Waals surface area contributed by atoms with E-state index in [9.17, 15) is 13.6 Å². The molecule has 5 rings (SSSR count). The molecule has 3 aromatic rings. The molecule has 1 amide bonds. The van der Waals surface area contributed by atoms with Crippen molar-refractivity contribution in [1.29, 1.82) is 0 Å². The summed E-state index contributed by atoms with van der Waals surface area (Å²) in [5, 5.41) is 7.37. The van der Waals surface area contributed by atoms with Gasteiger partial charge in [0.15, 0.2) is 5.65 Å². The van der Waals surface area contributed by atoms with E-state index in [4.69, 9.17) is 4.98 Å². The summed E-state index contributed by atoms with van der Waals surface area (Å²) in [4.78, 5) is 19.6. The van der Waals surface area contributed by atoms with Crippen molar-refractivity contribution in [2.75, 3.05) is 11.4 Å². The molecule has 0 bridgehead atoms. The van der Waals surface area contributed by atoms with Crippen molar-refractivity contribution in [3.8, 4) is 0 Å². The first-order valence-electron chi connectivity index (χ1n) is 10.9. The zero-order chi connectivity index (χ0) is 21.5. The highest BCUT2D eigenvalue weighted by Crippen LogP contribution is 2.37. The molecule has 1 saturated carbocycles. The van der Waals surface area contributed by atoms with Gasteiger partial charge in [0.25, 0.3) is 5.91 Å². The van der Waals surface area contributed by atoms with Crippen molar-refractivity contribution in [2.24, 2.45) is 5.92 Å². The van der Waals surface area contributed by atoms with Crippen LogP contribution in [0.1, 0.15) is 61.0 Å². The van der Waals surface area contributed by atoms with Gasteiger partial charge in [0.2, 0.25) is 0 Å². The fourth-order valence-corrected chi connectivity index (χ4v) is 4.92. The smallest absolute Gasteiger partial charge is 0.256 e. The third kappa shape index (κ3) is 3.75. The van der Waals surface area contributed by atoms with Gasteiger partial charge < -0.3 is 10.2 Å². The molecule has 1 N–H and O–H groups in total. The van der Waals surface area contributed by atoms with Crippen LogP contribution in [0.3, 0.4) is 0 Å². The number of hydrogen-bond donors (Lipinski definition) is 1. The molecule has 6 nitrogen and oxygen atoms in total. The van der Waals surface area contributed by atoms with Gasteiger partial charge in [-0.3, -0.25) is 4.79 Å². The van der Waals surface area contributed by atoms with Gasteiger partial charge in [-0.25, -0.2) is 18.3 Å². The van der Waals surface area contributed by atoms with Crippen LogP contribution in [0.5, 0.6) is 0 Å². The lowest BCUT2D eigenvalue weighted by molar-refractivity contribution is 0.0938. The molecular weight excluding hydrogens is 400 g/mol. The summed E-state index contributed by atoms with van der Waals surface area (Å²) in [5.41, 5.74) is 1.22. The maximum atomic E-state index is 14.4. The Morgan fingerprint density at radius 3 is 2.87 bits per heavy atom. The topological polar surface area (TPSA) is 62.5 Å². The second-order valence-electron chi connectivity index (χ2n) is 8.72. The van der Waals surface area contributed by atoms with Crippen molar-refractivity contribution in [3.05, 3.63) is 59.4 Å². The lowest BCUT2D eigenvalue weighted by atomic mass is 10.0. The molecule has 2 fully saturated rings. The highest BCUT2D eigenvalue weighted by molar-refractivity contribution is 6.00. The minimum Gasteiger partial charge on any atom is -0.349 e. The van der Waals surface area contributed by atoms with Gasteiger partial charge in [-0.15, -0.1) is 0 Å². The molecule has 8 heteroatoms. The molecule has 2 aromatic heterocycles. The van der Waals surface area contributed by atoms with Crippen molar-refractivity contribution in [1.82, 2.24) is 19.9 Å². The molecule has 1 aliphatic carbocycles. The number of nitrogens with zero attached hydrogens (tertiary/aromatic N) is 4. The number of amides is 1. The monoisotopic (exact) mass is 425 g/mol. The van der Waals surface area contributed by atoms with Gasteiger partial charge >= 0.3 is 0 Å². The first kappa shape index (κ1) is 19.9. The van der Waals surface area contributed by atoms with E-state index in [-0.39, 0.29) is 18.0 Å². The first-order valence-corrected chi connectivity index (χ1v) is 10.9. The van der Waals surface area contributed by atoms with Gasteiger partial charge in [-0.2, -0.15) is 5.10 Å². The molecule has 2 unspecified atom stereocenters. The van der Waals surface area contributed by atoms with Crippen LogP contribution < -0.4 is 10.2 Å².